The Hall–Kier alpha value is -0.630. The van der Waals surface area contributed by atoms with Crippen molar-refractivity contribution in [2.75, 3.05) is 6.26 Å². The van der Waals surface area contributed by atoms with Crippen molar-refractivity contribution in [3.05, 3.63) is 29.8 Å². The molecule has 2 heteroatoms. The zero-order valence-corrected chi connectivity index (χ0v) is 6.94. The van der Waals surface area contributed by atoms with Crippen LogP contribution in [0.15, 0.2) is 24.3 Å². The van der Waals surface area contributed by atoms with Crippen molar-refractivity contribution in [1.29, 1.82) is 0 Å². The molecule has 0 N–H and O–H groups in total. The van der Waals surface area contributed by atoms with Gasteiger partial charge in [0, 0.05) is 6.26 Å². The molecule has 0 bridgehead atoms. The maximum Gasteiger partial charge on any atom is 0.140 e. The lowest BCUT2D eigenvalue weighted by atomic mass is 10.2. The molecule has 0 aromatic heterocycles. The van der Waals surface area contributed by atoms with Crippen molar-refractivity contribution in [3.8, 4) is 5.75 Å². The van der Waals surface area contributed by atoms with Crippen molar-refractivity contribution >= 4 is 12.0 Å². The van der Waals surface area contributed by atoms with Crippen molar-refractivity contribution in [2.45, 2.75) is 6.92 Å². The van der Waals surface area contributed by atoms with Crippen LogP contribution >= 0.6 is 12.0 Å². The van der Waals surface area contributed by atoms with Gasteiger partial charge in [-0.15, -0.1) is 0 Å². The molecule has 0 amide bonds. The number of benzene rings is 1. The van der Waals surface area contributed by atoms with Crippen LogP contribution in [-0.2, 0) is 0 Å². The van der Waals surface area contributed by atoms with Gasteiger partial charge in [0.1, 0.15) is 5.75 Å². The summed E-state index contributed by atoms with van der Waals surface area (Å²) in [4.78, 5) is 0. The molecule has 0 unspecified atom stereocenters. The van der Waals surface area contributed by atoms with E-state index < -0.39 is 0 Å². The van der Waals surface area contributed by atoms with E-state index in [2.05, 4.69) is 0 Å². The highest BCUT2D eigenvalue weighted by molar-refractivity contribution is 7.94. The largest absolute Gasteiger partial charge is 0.426 e. The second-order valence-corrected chi connectivity index (χ2v) is 2.52. The topological polar surface area (TPSA) is 9.23 Å². The Balaban J connectivity index is 2.81. The molecule has 0 heterocycles. The molecule has 1 aromatic carbocycles. The summed E-state index contributed by atoms with van der Waals surface area (Å²) in [5.74, 6) is 0.954. The number of aryl methyl sites for hydroxylation is 1. The summed E-state index contributed by atoms with van der Waals surface area (Å²) in [6.45, 7) is 2.03. The maximum atomic E-state index is 5.25. The Morgan fingerprint density at radius 2 is 2.00 bits per heavy atom. The van der Waals surface area contributed by atoms with Crippen LogP contribution < -0.4 is 4.18 Å². The van der Waals surface area contributed by atoms with E-state index in [9.17, 15) is 0 Å². The third-order valence-corrected chi connectivity index (χ3v) is 1.61. The van der Waals surface area contributed by atoms with Gasteiger partial charge in [-0.25, -0.2) is 0 Å². The Morgan fingerprint density at radius 3 is 2.60 bits per heavy atom. The second kappa shape index (κ2) is 3.52. The molecule has 10 heavy (non-hydrogen) atoms. The molecule has 0 fully saturated rings. The third kappa shape index (κ3) is 1.67. The van der Waals surface area contributed by atoms with Crippen LogP contribution in [0.1, 0.15) is 5.56 Å². The zero-order valence-electron chi connectivity index (χ0n) is 6.13. The van der Waals surface area contributed by atoms with Gasteiger partial charge in [0.2, 0.25) is 0 Å². The molecule has 54 valence electrons. The lowest BCUT2D eigenvalue weighted by molar-refractivity contribution is 0.644. The fraction of sp³-hybridized carbons (Fsp3) is 0.250. The molecule has 0 saturated carbocycles. The molecule has 1 nitrogen and oxygen atoms in total. The van der Waals surface area contributed by atoms with Gasteiger partial charge < -0.3 is 4.18 Å². The molecular formula is C8H10OS. The highest BCUT2D eigenvalue weighted by Gasteiger charge is 1.94. The minimum atomic E-state index is 0.954. The minimum absolute atomic E-state index is 0.954. The van der Waals surface area contributed by atoms with Crippen molar-refractivity contribution < 1.29 is 4.18 Å². The van der Waals surface area contributed by atoms with Crippen LogP contribution in [0.25, 0.3) is 0 Å². The van der Waals surface area contributed by atoms with Crippen LogP contribution in [0.3, 0.4) is 0 Å². The number of hydrogen-bond donors (Lipinski definition) is 0. The fourth-order valence-electron chi connectivity index (χ4n) is 0.740. The van der Waals surface area contributed by atoms with E-state index in [0.29, 0.717) is 0 Å². The van der Waals surface area contributed by atoms with E-state index in [-0.39, 0.29) is 0 Å². The molecule has 0 spiro atoms. The SMILES string of the molecule is CSOc1ccccc1C. The molecule has 0 radical (unpaired) electrons. The molecular weight excluding hydrogens is 144 g/mol. The summed E-state index contributed by atoms with van der Waals surface area (Å²) in [6, 6.07) is 7.97. The van der Waals surface area contributed by atoms with Gasteiger partial charge in [-0.2, -0.15) is 0 Å². The number of rotatable bonds is 2. The second-order valence-electron chi connectivity index (χ2n) is 2.02. The Morgan fingerprint density at radius 1 is 1.30 bits per heavy atom. The van der Waals surface area contributed by atoms with Gasteiger partial charge in [-0.05, 0) is 18.6 Å². The predicted octanol–water partition coefficient (Wildman–Crippen LogP) is 2.65. The third-order valence-electron chi connectivity index (χ3n) is 1.27. The van der Waals surface area contributed by atoms with E-state index in [1.165, 1.54) is 17.6 Å². The van der Waals surface area contributed by atoms with E-state index >= 15 is 0 Å². The monoisotopic (exact) mass is 154 g/mol. The van der Waals surface area contributed by atoms with Crippen LogP contribution in [0.5, 0.6) is 5.75 Å². The minimum Gasteiger partial charge on any atom is -0.426 e. The summed E-state index contributed by atoms with van der Waals surface area (Å²) in [6.07, 6.45) is 1.91. The normalized spacial score (nSPS) is 9.40. The lowest BCUT2D eigenvalue weighted by Crippen LogP contribution is -1.81. The summed E-state index contributed by atoms with van der Waals surface area (Å²) < 4.78 is 5.25. The van der Waals surface area contributed by atoms with Gasteiger partial charge >= 0.3 is 0 Å². The molecule has 0 aliphatic carbocycles. The summed E-state index contributed by atoms with van der Waals surface area (Å²) in [5.41, 5.74) is 1.18. The predicted molar refractivity (Wildman–Crippen MR) is 45.3 cm³/mol. The van der Waals surface area contributed by atoms with Crippen LogP contribution in [-0.4, -0.2) is 6.26 Å². The molecule has 0 saturated heterocycles. The highest BCUT2D eigenvalue weighted by atomic mass is 32.2. The summed E-state index contributed by atoms with van der Waals surface area (Å²) in [7, 11) is 0. The Kier molecular flexibility index (Phi) is 2.63. The van der Waals surface area contributed by atoms with E-state index in [4.69, 9.17) is 4.18 Å². The van der Waals surface area contributed by atoms with Crippen molar-refractivity contribution in [2.24, 2.45) is 0 Å². The standard InChI is InChI=1S/C8H10OS/c1-7-5-3-4-6-8(7)9-10-2/h3-6H,1-2H3. The van der Waals surface area contributed by atoms with Crippen molar-refractivity contribution in [1.82, 2.24) is 0 Å². The van der Waals surface area contributed by atoms with E-state index in [0.717, 1.165) is 5.75 Å². The molecule has 1 rings (SSSR count). The first kappa shape index (κ1) is 7.48. The smallest absolute Gasteiger partial charge is 0.140 e. The quantitative estimate of drug-likeness (QED) is 0.606. The average molecular weight is 154 g/mol. The molecule has 1 aromatic rings. The number of para-hydroxylation sites is 1. The molecule has 0 atom stereocenters. The van der Waals surface area contributed by atoms with E-state index in [1.54, 1.807) is 0 Å². The molecule has 0 aliphatic rings. The summed E-state index contributed by atoms with van der Waals surface area (Å²) in [5, 5.41) is 0. The van der Waals surface area contributed by atoms with Gasteiger partial charge in [-0.3, -0.25) is 0 Å². The first-order chi connectivity index (χ1) is 4.84. The number of hydrogen-bond acceptors (Lipinski definition) is 2. The molecule has 0 aliphatic heterocycles. The van der Waals surface area contributed by atoms with Gasteiger partial charge in [0.15, 0.2) is 0 Å². The Labute approximate surface area is 65.6 Å². The first-order valence-corrected chi connectivity index (χ1v) is 4.26. The first-order valence-electron chi connectivity index (χ1n) is 3.11. The van der Waals surface area contributed by atoms with Crippen LogP contribution in [0, 0.1) is 6.92 Å². The van der Waals surface area contributed by atoms with Gasteiger partial charge in [0.25, 0.3) is 0 Å². The van der Waals surface area contributed by atoms with Crippen LogP contribution in [0.4, 0.5) is 0 Å². The lowest BCUT2D eigenvalue weighted by Gasteiger charge is -2.02. The zero-order chi connectivity index (χ0) is 7.40. The summed E-state index contributed by atoms with van der Waals surface area (Å²) >= 11 is 1.37. The Bertz CT molecular complexity index is 210. The highest BCUT2D eigenvalue weighted by Crippen LogP contribution is 2.19. The fourth-order valence-corrected chi connectivity index (χ4v) is 1.11. The van der Waals surface area contributed by atoms with Crippen LogP contribution in [0.2, 0.25) is 0 Å². The van der Waals surface area contributed by atoms with E-state index in [1.807, 2.05) is 37.4 Å². The van der Waals surface area contributed by atoms with Crippen molar-refractivity contribution in [3.63, 3.8) is 0 Å². The van der Waals surface area contributed by atoms with Gasteiger partial charge in [-0.1, -0.05) is 18.2 Å². The van der Waals surface area contributed by atoms with Gasteiger partial charge in [0.05, 0.1) is 12.0 Å². The average Bonchev–Trinajstić information content (AvgIpc) is 1.94. The maximum absolute atomic E-state index is 5.25.